The van der Waals surface area contributed by atoms with Gasteiger partial charge in [-0.3, -0.25) is 0 Å². The number of benzene rings is 2. The number of hydrogen-bond donors (Lipinski definition) is 1. The van der Waals surface area contributed by atoms with Gasteiger partial charge in [0.2, 0.25) is 10.0 Å². The molecule has 2 aromatic carbocycles. The van der Waals surface area contributed by atoms with Gasteiger partial charge in [0.25, 0.3) is 0 Å². The topological polar surface area (TPSA) is 74.7 Å². The number of carboxylic acids is 1. The minimum atomic E-state index is -3.56. The molecule has 6 heteroatoms. The monoisotopic (exact) mass is 319 g/mol. The van der Waals surface area contributed by atoms with E-state index in [2.05, 4.69) is 0 Å². The molecule has 0 aliphatic heterocycles. The van der Waals surface area contributed by atoms with Gasteiger partial charge in [0.05, 0.1) is 10.5 Å². The molecule has 1 N–H and O–H groups in total. The minimum absolute atomic E-state index is 0.178. The summed E-state index contributed by atoms with van der Waals surface area (Å²) in [6.07, 6.45) is 0. The first-order valence-corrected chi connectivity index (χ1v) is 8.26. The third kappa shape index (κ3) is 3.52. The number of aromatic carboxylic acids is 1. The Morgan fingerprint density at radius 2 is 1.64 bits per heavy atom. The summed E-state index contributed by atoms with van der Waals surface area (Å²) in [6, 6.07) is 14.5. The first-order valence-electron chi connectivity index (χ1n) is 6.82. The van der Waals surface area contributed by atoms with Crippen LogP contribution >= 0.6 is 0 Å². The average molecular weight is 319 g/mol. The number of hydrogen-bond acceptors (Lipinski definition) is 3. The second-order valence-corrected chi connectivity index (χ2v) is 6.68. The Morgan fingerprint density at radius 1 is 1.05 bits per heavy atom. The number of rotatable bonds is 6. The molecule has 2 aromatic rings. The summed E-state index contributed by atoms with van der Waals surface area (Å²) in [5.74, 6) is -1.00. The highest BCUT2D eigenvalue weighted by Crippen LogP contribution is 2.18. The molecule has 0 fully saturated rings. The molecule has 0 atom stereocenters. The molecule has 0 radical (unpaired) electrons. The van der Waals surface area contributed by atoms with Crippen LogP contribution in [0.15, 0.2) is 59.5 Å². The zero-order chi connectivity index (χ0) is 16.2. The van der Waals surface area contributed by atoms with Crippen molar-refractivity contribution >= 4 is 16.0 Å². The van der Waals surface area contributed by atoms with E-state index in [9.17, 15) is 13.2 Å². The van der Waals surface area contributed by atoms with E-state index in [1.165, 1.54) is 16.4 Å². The van der Waals surface area contributed by atoms with Gasteiger partial charge in [-0.2, -0.15) is 4.31 Å². The maximum atomic E-state index is 12.6. The molecule has 0 unspecified atom stereocenters. The second-order valence-electron chi connectivity index (χ2n) is 4.75. The first-order chi connectivity index (χ1) is 10.4. The van der Waals surface area contributed by atoms with Crippen molar-refractivity contribution in [3.05, 3.63) is 65.7 Å². The fourth-order valence-electron chi connectivity index (χ4n) is 2.06. The van der Waals surface area contributed by atoms with Gasteiger partial charge in [0.1, 0.15) is 0 Å². The Balaban J connectivity index is 2.24. The number of nitrogens with zero attached hydrogens (tertiary/aromatic N) is 1. The first kappa shape index (κ1) is 16.2. The fourth-order valence-corrected chi connectivity index (χ4v) is 3.52. The summed E-state index contributed by atoms with van der Waals surface area (Å²) in [4.78, 5) is 11.1. The van der Waals surface area contributed by atoms with E-state index in [1.54, 1.807) is 49.4 Å². The number of carbonyl (C=O) groups is 1. The van der Waals surface area contributed by atoms with E-state index in [-0.39, 0.29) is 17.0 Å². The summed E-state index contributed by atoms with van der Waals surface area (Å²) in [6.45, 7) is 2.30. The third-order valence-electron chi connectivity index (χ3n) is 3.29. The summed E-state index contributed by atoms with van der Waals surface area (Å²) in [5, 5.41) is 8.88. The van der Waals surface area contributed by atoms with Gasteiger partial charge in [-0.05, 0) is 29.8 Å². The van der Waals surface area contributed by atoms with Crippen molar-refractivity contribution in [3.63, 3.8) is 0 Å². The molecule has 0 saturated heterocycles. The highest BCUT2D eigenvalue weighted by Gasteiger charge is 2.22. The van der Waals surface area contributed by atoms with Crippen LogP contribution in [0, 0.1) is 0 Å². The fraction of sp³-hybridized carbons (Fsp3) is 0.188. The highest BCUT2D eigenvalue weighted by atomic mass is 32.2. The molecular weight excluding hydrogens is 302 g/mol. The van der Waals surface area contributed by atoms with Crippen LogP contribution in [0.1, 0.15) is 22.8 Å². The van der Waals surface area contributed by atoms with E-state index in [4.69, 9.17) is 5.11 Å². The van der Waals surface area contributed by atoms with Crippen molar-refractivity contribution in [3.8, 4) is 0 Å². The second kappa shape index (κ2) is 6.72. The van der Waals surface area contributed by atoms with Crippen LogP contribution < -0.4 is 0 Å². The van der Waals surface area contributed by atoms with Crippen LogP contribution in [-0.2, 0) is 16.6 Å². The Morgan fingerprint density at radius 3 is 2.14 bits per heavy atom. The third-order valence-corrected chi connectivity index (χ3v) is 5.23. The summed E-state index contributed by atoms with van der Waals surface area (Å²) >= 11 is 0. The van der Waals surface area contributed by atoms with Crippen molar-refractivity contribution < 1.29 is 18.3 Å². The Bertz CT molecular complexity index is 739. The summed E-state index contributed by atoms with van der Waals surface area (Å²) in [5.41, 5.74) is 0.920. The molecule has 22 heavy (non-hydrogen) atoms. The zero-order valence-corrected chi connectivity index (χ0v) is 13.0. The van der Waals surface area contributed by atoms with Crippen molar-refractivity contribution in [2.24, 2.45) is 0 Å². The smallest absolute Gasteiger partial charge is 0.335 e. The van der Waals surface area contributed by atoms with Gasteiger partial charge in [-0.1, -0.05) is 37.3 Å². The Labute approximate surface area is 129 Å². The predicted molar refractivity (Wildman–Crippen MR) is 83.1 cm³/mol. The number of carboxylic acid groups (broad SMARTS) is 1. The van der Waals surface area contributed by atoms with Crippen molar-refractivity contribution in [2.75, 3.05) is 6.54 Å². The van der Waals surface area contributed by atoms with Gasteiger partial charge < -0.3 is 5.11 Å². The van der Waals surface area contributed by atoms with Gasteiger partial charge in [-0.15, -0.1) is 0 Å². The van der Waals surface area contributed by atoms with Crippen molar-refractivity contribution in [2.45, 2.75) is 18.4 Å². The molecule has 0 amide bonds. The molecule has 116 valence electrons. The maximum absolute atomic E-state index is 12.6. The van der Waals surface area contributed by atoms with E-state index < -0.39 is 16.0 Å². The van der Waals surface area contributed by atoms with Crippen LogP contribution in [0.5, 0.6) is 0 Å². The predicted octanol–water partition coefficient (Wildman–Crippen LogP) is 2.60. The quantitative estimate of drug-likeness (QED) is 0.888. The molecule has 5 nitrogen and oxygen atoms in total. The molecule has 0 spiro atoms. The molecular formula is C16H17NO4S. The molecule has 0 heterocycles. The molecule has 0 aliphatic rings. The van der Waals surface area contributed by atoms with Crippen LogP contribution in [0.4, 0.5) is 0 Å². The number of sulfonamides is 1. The molecule has 0 saturated carbocycles. The van der Waals surface area contributed by atoms with E-state index in [1.807, 2.05) is 0 Å². The van der Waals surface area contributed by atoms with Gasteiger partial charge in [-0.25, -0.2) is 13.2 Å². The van der Waals surface area contributed by atoms with Crippen LogP contribution in [0.3, 0.4) is 0 Å². The van der Waals surface area contributed by atoms with E-state index in [0.717, 1.165) is 5.56 Å². The highest BCUT2D eigenvalue weighted by molar-refractivity contribution is 7.89. The lowest BCUT2D eigenvalue weighted by molar-refractivity contribution is 0.0697. The van der Waals surface area contributed by atoms with Crippen LogP contribution in [0.2, 0.25) is 0 Å². The lowest BCUT2D eigenvalue weighted by atomic mass is 10.1. The minimum Gasteiger partial charge on any atom is -0.478 e. The summed E-state index contributed by atoms with van der Waals surface area (Å²) in [7, 11) is -3.56. The van der Waals surface area contributed by atoms with Gasteiger partial charge >= 0.3 is 5.97 Å². The lowest BCUT2D eigenvalue weighted by Gasteiger charge is -2.20. The molecule has 0 bridgehead atoms. The molecule has 2 rings (SSSR count). The van der Waals surface area contributed by atoms with Crippen LogP contribution in [-0.4, -0.2) is 30.3 Å². The van der Waals surface area contributed by atoms with Crippen molar-refractivity contribution in [1.82, 2.24) is 4.31 Å². The normalized spacial score (nSPS) is 11.5. The zero-order valence-electron chi connectivity index (χ0n) is 12.1. The van der Waals surface area contributed by atoms with Gasteiger partial charge in [0, 0.05) is 13.1 Å². The Kier molecular flexibility index (Phi) is 4.95. The lowest BCUT2D eigenvalue weighted by Crippen LogP contribution is -2.30. The maximum Gasteiger partial charge on any atom is 0.335 e. The Hall–Kier alpha value is -2.18. The van der Waals surface area contributed by atoms with E-state index in [0.29, 0.717) is 6.54 Å². The van der Waals surface area contributed by atoms with Crippen LogP contribution in [0.25, 0.3) is 0 Å². The average Bonchev–Trinajstić information content (AvgIpc) is 2.53. The molecule has 0 aliphatic carbocycles. The van der Waals surface area contributed by atoms with Crippen molar-refractivity contribution in [1.29, 1.82) is 0 Å². The largest absolute Gasteiger partial charge is 0.478 e. The standard InChI is InChI=1S/C16H17NO4S/c1-2-17(22(20,21)15-6-4-3-5-7-15)12-13-8-10-14(11-9-13)16(18)19/h3-11H,2,12H2,1H3,(H,18,19). The SMILES string of the molecule is CCN(Cc1ccc(C(=O)O)cc1)S(=O)(=O)c1ccccc1. The van der Waals surface area contributed by atoms with E-state index >= 15 is 0 Å². The van der Waals surface area contributed by atoms with Gasteiger partial charge in [0.15, 0.2) is 0 Å². The summed E-state index contributed by atoms with van der Waals surface area (Å²) < 4.78 is 26.5. The molecule has 0 aromatic heterocycles.